The second-order valence-corrected chi connectivity index (χ2v) is 5.50. The van der Waals surface area contributed by atoms with Gasteiger partial charge in [-0.1, -0.05) is 12.1 Å². The fraction of sp³-hybridized carbons (Fsp3) is 0.533. The van der Waals surface area contributed by atoms with E-state index in [4.69, 9.17) is 9.84 Å². The molecule has 0 saturated heterocycles. The number of aryl methyl sites for hydroxylation is 1. The van der Waals surface area contributed by atoms with Crippen molar-refractivity contribution in [3.63, 3.8) is 0 Å². The van der Waals surface area contributed by atoms with E-state index in [9.17, 15) is 4.79 Å². The number of carboxylic acids is 1. The monoisotopic (exact) mass is 263 g/mol. The molecule has 1 heterocycles. The molecule has 0 amide bonds. The summed E-state index contributed by atoms with van der Waals surface area (Å²) in [6, 6.07) is 6.25. The minimum atomic E-state index is -0.878. The standard InChI is InChI=1S/C15H21NO3/c1-15(2,14(17)18)16-8-7-11-5-6-13-12(10-11)4-3-9-19-13/h5-6,10,16H,3-4,7-9H2,1-2H3,(H,17,18). The van der Waals surface area contributed by atoms with E-state index >= 15 is 0 Å². The number of benzene rings is 1. The first-order valence-corrected chi connectivity index (χ1v) is 6.72. The van der Waals surface area contributed by atoms with E-state index in [1.54, 1.807) is 13.8 Å². The maximum Gasteiger partial charge on any atom is 0.323 e. The largest absolute Gasteiger partial charge is 0.493 e. The molecule has 0 spiro atoms. The molecule has 0 bridgehead atoms. The van der Waals surface area contributed by atoms with Gasteiger partial charge in [-0.05, 0) is 50.3 Å². The van der Waals surface area contributed by atoms with Crippen LogP contribution in [0.1, 0.15) is 31.4 Å². The molecule has 0 aromatic heterocycles. The highest BCUT2D eigenvalue weighted by Crippen LogP contribution is 2.25. The zero-order valence-electron chi connectivity index (χ0n) is 11.5. The van der Waals surface area contributed by atoms with E-state index in [0.717, 1.165) is 31.6 Å². The van der Waals surface area contributed by atoms with Gasteiger partial charge in [-0.15, -0.1) is 0 Å². The molecule has 2 N–H and O–H groups in total. The van der Waals surface area contributed by atoms with Crippen LogP contribution in [0.5, 0.6) is 5.75 Å². The quantitative estimate of drug-likeness (QED) is 0.853. The van der Waals surface area contributed by atoms with Gasteiger partial charge < -0.3 is 15.2 Å². The summed E-state index contributed by atoms with van der Waals surface area (Å²) < 4.78 is 5.58. The van der Waals surface area contributed by atoms with Gasteiger partial charge in [0.1, 0.15) is 11.3 Å². The summed E-state index contributed by atoms with van der Waals surface area (Å²) >= 11 is 0. The second-order valence-electron chi connectivity index (χ2n) is 5.50. The molecule has 0 aliphatic carbocycles. The highest BCUT2D eigenvalue weighted by Gasteiger charge is 2.25. The number of carbonyl (C=O) groups is 1. The lowest BCUT2D eigenvalue weighted by atomic mass is 10.0. The number of fused-ring (bicyclic) bond motifs is 1. The van der Waals surface area contributed by atoms with Gasteiger partial charge in [0.2, 0.25) is 0 Å². The van der Waals surface area contributed by atoms with Crippen LogP contribution in [-0.4, -0.2) is 29.8 Å². The third-order valence-corrected chi connectivity index (χ3v) is 3.49. The van der Waals surface area contributed by atoms with Gasteiger partial charge in [0.05, 0.1) is 6.61 Å². The zero-order chi connectivity index (χ0) is 13.9. The molecule has 1 aromatic rings. The highest BCUT2D eigenvalue weighted by atomic mass is 16.5. The smallest absolute Gasteiger partial charge is 0.323 e. The van der Waals surface area contributed by atoms with Crippen molar-refractivity contribution in [1.82, 2.24) is 5.32 Å². The van der Waals surface area contributed by atoms with Gasteiger partial charge in [-0.3, -0.25) is 4.79 Å². The first kappa shape index (κ1) is 13.9. The maximum atomic E-state index is 11.0. The summed E-state index contributed by atoms with van der Waals surface area (Å²) in [4.78, 5) is 11.0. The van der Waals surface area contributed by atoms with Crippen LogP contribution < -0.4 is 10.1 Å². The summed E-state index contributed by atoms with van der Waals surface area (Å²) in [6.07, 6.45) is 2.96. The first-order chi connectivity index (χ1) is 8.99. The molecule has 0 saturated carbocycles. The molecule has 1 aliphatic heterocycles. The molecule has 0 unspecified atom stereocenters. The molecule has 2 rings (SSSR count). The van der Waals surface area contributed by atoms with Gasteiger partial charge in [0.15, 0.2) is 0 Å². The van der Waals surface area contributed by atoms with Crippen molar-refractivity contribution in [3.05, 3.63) is 29.3 Å². The minimum Gasteiger partial charge on any atom is -0.493 e. The lowest BCUT2D eigenvalue weighted by molar-refractivity contribution is -0.143. The van der Waals surface area contributed by atoms with Crippen molar-refractivity contribution in [3.8, 4) is 5.75 Å². The Hall–Kier alpha value is -1.55. The van der Waals surface area contributed by atoms with Crippen LogP contribution in [0.4, 0.5) is 0 Å². The number of carboxylic acid groups (broad SMARTS) is 1. The molecule has 0 atom stereocenters. The Morgan fingerprint density at radius 1 is 1.47 bits per heavy atom. The molecular formula is C15H21NO3. The molecular weight excluding hydrogens is 242 g/mol. The highest BCUT2D eigenvalue weighted by molar-refractivity contribution is 5.77. The normalized spacial score (nSPS) is 14.6. The summed E-state index contributed by atoms with van der Waals surface area (Å²) in [5, 5.41) is 12.1. The zero-order valence-corrected chi connectivity index (χ0v) is 11.5. The molecule has 0 fully saturated rings. The van der Waals surface area contributed by atoms with Gasteiger partial charge in [0.25, 0.3) is 0 Å². The van der Waals surface area contributed by atoms with Crippen LogP contribution in [0, 0.1) is 0 Å². The van der Waals surface area contributed by atoms with Crippen LogP contribution in [0.25, 0.3) is 0 Å². The molecule has 4 nitrogen and oxygen atoms in total. The number of rotatable bonds is 5. The van der Waals surface area contributed by atoms with E-state index in [1.165, 1.54) is 11.1 Å². The summed E-state index contributed by atoms with van der Waals surface area (Å²) in [5.41, 5.74) is 1.61. The molecule has 0 radical (unpaired) electrons. The molecule has 4 heteroatoms. The van der Waals surface area contributed by atoms with Crippen LogP contribution in [0.3, 0.4) is 0 Å². The number of hydrogen-bond donors (Lipinski definition) is 2. The van der Waals surface area contributed by atoms with Crippen molar-refractivity contribution < 1.29 is 14.6 Å². The summed E-state index contributed by atoms with van der Waals surface area (Å²) in [7, 11) is 0. The van der Waals surface area contributed by atoms with E-state index in [1.807, 2.05) is 6.07 Å². The Morgan fingerprint density at radius 3 is 3.00 bits per heavy atom. The van der Waals surface area contributed by atoms with Gasteiger partial charge in [-0.2, -0.15) is 0 Å². The fourth-order valence-corrected chi connectivity index (χ4v) is 2.16. The summed E-state index contributed by atoms with van der Waals surface area (Å²) in [5.74, 6) is 0.167. The van der Waals surface area contributed by atoms with Gasteiger partial charge in [-0.25, -0.2) is 0 Å². The Kier molecular flexibility index (Phi) is 4.10. The van der Waals surface area contributed by atoms with Crippen LogP contribution in [0.15, 0.2) is 18.2 Å². The van der Waals surface area contributed by atoms with E-state index in [-0.39, 0.29) is 0 Å². The third kappa shape index (κ3) is 3.47. The third-order valence-electron chi connectivity index (χ3n) is 3.49. The summed E-state index contributed by atoms with van der Waals surface area (Å²) in [6.45, 7) is 4.81. The average Bonchev–Trinajstić information content (AvgIpc) is 2.38. The predicted octanol–water partition coefficient (Wildman–Crippen LogP) is 2.01. The lowest BCUT2D eigenvalue weighted by Gasteiger charge is -2.21. The Bertz CT molecular complexity index is 468. The molecule has 1 aromatic carbocycles. The van der Waals surface area contributed by atoms with Crippen molar-refractivity contribution >= 4 is 5.97 Å². The Labute approximate surface area is 113 Å². The number of aliphatic carboxylic acids is 1. The van der Waals surface area contributed by atoms with Crippen molar-refractivity contribution in [2.24, 2.45) is 0 Å². The topological polar surface area (TPSA) is 58.6 Å². The number of hydrogen-bond acceptors (Lipinski definition) is 3. The Balaban J connectivity index is 1.92. The molecule has 19 heavy (non-hydrogen) atoms. The van der Waals surface area contributed by atoms with E-state index in [0.29, 0.717) is 6.54 Å². The van der Waals surface area contributed by atoms with E-state index < -0.39 is 11.5 Å². The van der Waals surface area contributed by atoms with Gasteiger partial charge >= 0.3 is 5.97 Å². The minimum absolute atomic E-state index is 0.652. The van der Waals surface area contributed by atoms with Crippen LogP contribution in [0.2, 0.25) is 0 Å². The average molecular weight is 263 g/mol. The lowest BCUT2D eigenvalue weighted by Crippen LogP contribution is -2.47. The van der Waals surface area contributed by atoms with Gasteiger partial charge in [0, 0.05) is 6.54 Å². The van der Waals surface area contributed by atoms with Crippen molar-refractivity contribution in [2.75, 3.05) is 13.2 Å². The first-order valence-electron chi connectivity index (χ1n) is 6.72. The fourth-order valence-electron chi connectivity index (χ4n) is 2.16. The predicted molar refractivity (Wildman–Crippen MR) is 73.7 cm³/mol. The maximum absolute atomic E-state index is 11.0. The second kappa shape index (κ2) is 5.61. The number of nitrogens with one attached hydrogen (secondary N) is 1. The van der Waals surface area contributed by atoms with Crippen LogP contribution in [-0.2, 0) is 17.6 Å². The SMILES string of the molecule is CC(C)(NCCc1ccc2c(c1)CCCO2)C(=O)O. The van der Waals surface area contributed by atoms with Crippen molar-refractivity contribution in [1.29, 1.82) is 0 Å². The van der Waals surface area contributed by atoms with E-state index in [2.05, 4.69) is 17.4 Å². The Morgan fingerprint density at radius 2 is 2.26 bits per heavy atom. The molecule has 1 aliphatic rings. The van der Waals surface area contributed by atoms with Crippen LogP contribution >= 0.6 is 0 Å². The molecule has 104 valence electrons. The van der Waals surface area contributed by atoms with Crippen molar-refractivity contribution in [2.45, 2.75) is 38.6 Å². The number of ether oxygens (including phenoxy) is 1.